The van der Waals surface area contributed by atoms with Crippen LogP contribution in [0.1, 0.15) is 19.6 Å². The summed E-state index contributed by atoms with van der Waals surface area (Å²) in [4.78, 5) is 0. The monoisotopic (exact) mass is 267 g/mol. The molecule has 1 aromatic heterocycles. The molecule has 0 amide bonds. The Labute approximate surface area is 111 Å². The van der Waals surface area contributed by atoms with Gasteiger partial charge in [-0.05, 0) is 24.3 Å². The second kappa shape index (κ2) is 5.55. The Bertz CT molecular complexity index is 536. The molecule has 0 spiro atoms. The normalized spacial score (nSPS) is 11.2. The molecule has 0 aliphatic carbocycles. The maximum atomic E-state index is 13.8. The lowest BCUT2D eigenvalue weighted by atomic mass is 10.1. The van der Waals surface area contributed by atoms with Crippen LogP contribution in [0.3, 0.4) is 0 Å². The average molecular weight is 268 g/mol. The van der Waals surface area contributed by atoms with E-state index in [0.717, 1.165) is 5.76 Å². The van der Waals surface area contributed by atoms with Crippen LogP contribution in [0.15, 0.2) is 34.7 Å². The largest absolute Gasteiger partial charge is 0.460 e. The summed E-state index contributed by atoms with van der Waals surface area (Å²) in [5.74, 6) is 0.825. The number of furan rings is 1. The van der Waals surface area contributed by atoms with Crippen LogP contribution in [0.25, 0.3) is 11.3 Å². The van der Waals surface area contributed by atoms with Crippen molar-refractivity contribution in [2.75, 3.05) is 0 Å². The number of hydrogen-bond donors (Lipinski definition) is 1. The van der Waals surface area contributed by atoms with Crippen molar-refractivity contribution < 1.29 is 8.81 Å². The topological polar surface area (TPSA) is 25.2 Å². The number of rotatable bonds is 4. The minimum Gasteiger partial charge on any atom is -0.460 e. The Balaban J connectivity index is 2.21. The van der Waals surface area contributed by atoms with Crippen LogP contribution >= 0.6 is 11.6 Å². The highest BCUT2D eigenvalue weighted by Gasteiger charge is 2.12. The molecule has 0 bridgehead atoms. The lowest BCUT2D eigenvalue weighted by Gasteiger charge is -2.05. The first-order valence-corrected chi connectivity index (χ1v) is 6.22. The van der Waals surface area contributed by atoms with Crippen LogP contribution in [0, 0.1) is 5.82 Å². The third-order valence-corrected chi connectivity index (χ3v) is 2.86. The third-order valence-electron chi connectivity index (χ3n) is 2.56. The number of nitrogens with one attached hydrogen (secondary N) is 1. The molecule has 18 heavy (non-hydrogen) atoms. The molecule has 1 N–H and O–H groups in total. The van der Waals surface area contributed by atoms with E-state index in [4.69, 9.17) is 16.0 Å². The van der Waals surface area contributed by atoms with Crippen molar-refractivity contribution >= 4 is 11.6 Å². The van der Waals surface area contributed by atoms with Gasteiger partial charge in [-0.15, -0.1) is 0 Å². The summed E-state index contributed by atoms with van der Waals surface area (Å²) in [5, 5.41) is 3.34. The Morgan fingerprint density at radius 3 is 2.78 bits per heavy atom. The van der Waals surface area contributed by atoms with Gasteiger partial charge in [0, 0.05) is 6.04 Å². The van der Waals surface area contributed by atoms with Gasteiger partial charge in [0.15, 0.2) is 5.82 Å². The molecule has 0 aliphatic heterocycles. The first kappa shape index (κ1) is 13.1. The predicted octanol–water partition coefficient (Wildman–Crippen LogP) is 4.24. The van der Waals surface area contributed by atoms with E-state index in [9.17, 15) is 4.39 Å². The quantitative estimate of drug-likeness (QED) is 0.896. The summed E-state index contributed by atoms with van der Waals surface area (Å²) in [7, 11) is 0. The molecule has 96 valence electrons. The molecule has 0 saturated heterocycles. The van der Waals surface area contributed by atoms with Crippen molar-refractivity contribution in [3.8, 4) is 11.3 Å². The fourth-order valence-corrected chi connectivity index (χ4v) is 1.79. The maximum absolute atomic E-state index is 13.8. The first-order valence-electron chi connectivity index (χ1n) is 5.84. The molecule has 0 unspecified atom stereocenters. The Kier molecular flexibility index (Phi) is 4.04. The van der Waals surface area contributed by atoms with Gasteiger partial charge in [0.2, 0.25) is 0 Å². The highest BCUT2D eigenvalue weighted by Crippen LogP contribution is 2.28. The lowest BCUT2D eigenvalue weighted by molar-refractivity contribution is 0.471. The van der Waals surface area contributed by atoms with Gasteiger partial charge in [-0.2, -0.15) is 0 Å². The summed E-state index contributed by atoms with van der Waals surface area (Å²) in [6.45, 7) is 4.74. The predicted molar refractivity (Wildman–Crippen MR) is 71.1 cm³/mol. The fourth-order valence-electron chi connectivity index (χ4n) is 1.62. The average Bonchev–Trinajstić information content (AvgIpc) is 2.78. The Morgan fingerprint density at radius 1 is 1.28 bits per heavy atom. The first-order chi connectivity index (χ1) is 8.58. The van der Waals surface area contributed by atoms with Crippen LogP contribution in [-0.4, -0.2) is 6.04 Å². The summed E-state index contributed by atoms with van der Waals surface area (Å²) < 4.78 is 19.4. The van der Waals surface area contributed by atoms with Gasteiger partial charge in [-0.1, -0.05) is 31.5 Å². The fraction of sp³-hybridized carbons (Fsp3) is 0.286. The minimum absolute atomic E-state index is 0.103. The van der Waals surface area contributed by atoms with E-state index in [1.165, 1.54) is 6.07 Å². The molecule has 1 heterocycles. The van der Waals surface area contributed by atoms with Crippen LogP contribution in [-0.2, 0) is 6.54 Å². The molecule has 0 fully saturated rings. The van der Waals surface area contributed by atoms with Crippen LogP contribution in [0.4, 0.5) is 4.39 Å². The molecule has 0 aliphatic rings. The zero-order chi connectivity index (χ0) is 13.1. The van der Waals surface area contributed by atoms with Crippen molar-refractivity contribution in [3.05, 3.63) is 46.9 Å². The van der Waals surface area contributed by atoms with Crippen LogP contribution in [0.5, 0.6) is 0 Å². The van der Waals surface area contributed by atoms with E-state index >= 15 is 0 Å². The zero-order valence-electron chi connectivity index (χ0n) is 10.3. The Hall–Kier alpha value is -1.32. The van der Waals surface area contributed by atoms with E-state index in [-0.39, 0.29) is 5.02 Å². The van der Waals surface area contributed by atoms with Gasteiger partial charge in [0.1, 0.15) is 11.5 Å². The molecule has 0 radical (unpaired) electrons. The van der Waals surface area contributed by atoms with Crippen LogP contribution < -0.4 is 5.32 Å². The zero-order valence-corrected chi connectivity index (χ0v) is 11.1. The van der Waals surface area contributed by atoms with Gasteiger partial charge >= 0.3 is 0 Å². The van der Waals surface area contributed by atoms with Gasteiger partial charge in [0.25, 0.3) is 0 Å². The van der Waals surface area contributed by atoms with E-state index < -0.39 is 5.82 Å². The van der Waals surface area contributed by atoms with Crippen molar-refractivity contribution in [1.29, 1.82) is 0 Å². The highest BCUT2D eigenvalue weighted by atomic mass is 35.5. The van der Waals surface area contributed by atoms with E-state index in [0.29, 0.717) is 23.9 Å². The SMILES string of the molecule is CC(C)NCc1ccc(-c2cccc(Cl)c2F)o1. The molecule has 0 saturated carbocycles. The molecule has 1 aromatic carbocycles. The molecule has 2 aromatic rings. The summed E-state index contributed by atoms with van der Waals surface area (Å²) in [6, 6.07) is 8.85. The van der Waals surface area contributed by atoms with Gasteiger partial charge in [-0.25, -0.2) is 4.39 Å². The van der Waals surface area contributed by atoms with Gasteiger partial charge < -0.3 is 9.73 Å². The van der Waals surface area contributed by atoms with E-state index in [1.807, 2.05) is 6.07 Å². The molecule has 0 atom stereocenters. The van der Waals surface area contributed by atoms with E-state index in [1.54, 1.807) is 18.2 Å². The van der Waals surface area contributed by atoms with Crippen molar-refractivity contribution in [1.82, 2.24) is 5.32 Å². The maximum Gasteiger partial charge on any atom is 0.152 e. The van der Waals surface area contributed by atoms with Crippen molar-refractivity contribution in [2.45, 2.75) is 26.4 Å². The number of halogens is 2. The molecular formula is C14H15ClFNO. The molecule has 2 rings (SSSR count). The summed E-state index contributed by atoms with van der Waals surface area (Å²) in [5.41, 5.74) is 0.387. The second-order valence-electron chi connectivity index (χ2n) is 4.40. The third kappa shape index (κ3) is 2.92. The van der Waals surface area contributed by atoms with E-state index in [2.05, 4.69) is 19.2 Å². The second-order valence-corrected chi connectivity index (χ2v) is 4.81. The summed E-state index contributed by atoms with van der Waals surface area (Å²) >= 11 is 5.74. The van der Waals surface area contributed by atoms with Gasteiger partial charge in [0.05, 0.1) is 17.1 Å². The summed E-state index contributed by atoms with van der Waals surface area (Å²) in [6.07, 6.45) is 0. The van der Waals surface area contributed by atoms with Gasteiger partial charge in [-0.3, -0.25) is 0 Å². The number of benzene rings is 1. The lowest BCUT2D eigenvalue weighted by Crippen LogP contribution is -2.21. The molecule has 4 heteroatoms. The smallest absolute Gasteiger partial charge is 0.152 e. The van der Waals surface area contributed by atoms with Crippen molar-refractivity contribution in [2.24, 2.45) is 0 Å². The standard InChI is InChI=1S/C14H15ClFNO/c1-9(2)17-8-10-6-7-13(18-10)11-4-3-5-12(15)14(11)16/h3-7,9,17H,8H2,1-2H3. The molecular weight excluding hydrogens is 253 g/mol. The van der Waals surface area contributed by atoms with Crippen LogP contribution in [0.2, 0.25) is 5.02 Å². The highest BCUT2D eigenvalue weighted by molar-refractivity contribution is 6.31. The number of hydrogen-bond acceptors (Lipinski definition) is 2. The Morgan fingerprint density at radius 2 is 2.06 bits per heavy atom. The van der Waals surface area contributed by atoms with Crippen molar-refractivity contribution in [3.63, 3.8) is 0 Å². The minimum atomic E-state index is -0.447. The molecule has 2 nitrogen and oxygen atoms in total.